The molecule has 2 heterocycles. The molecule has 0 radical (unpaired) electrons. The molecule has 0 amide bonds. The molecule has 2 aliphatic carbocycles. The maximum absolute atomic E-state index is 12.9. The molecule has 0 bridgehead atoms. The molecule has 0 aliphatic heterocycles. The number of pyridine rings is 1. The molecule has 2 fully saturated rings. The van der Waals surface area contributed by atoms with Crippen LogP contribution in [0.1, 0.15) is 74.0 Å². The van der Waals surface area contributed by atoms with Gasteiger partial charge in [0.05, 0.1) is 18.4 Å². The number of nitrogens with zero attached hydrogens (tertiary/aromatic N) is 2. The average molecular weight is 370 g/mol. The van der Waals surface area contributed by atoms with Crippen LogP contribution in [0.5, 0.6) is 5.75 Å². The Hall–Kier alpha value is -1.88. The molecule has 0 aromatic carbocycles. The summed E-state index contributed by atoms with van der Waals surface area (Å²) in [7, 11) is 0. The zero-order chi connectivity index (χ0) is 18.8. The molecule has 5 heteroatoms. The van der Waals surface area contributed by atoms with Crippen LogP contribution in [0.2, 0.25) is 0 Å². The fraction of sp³-hybridized carbons (Fsp3) is 0.636. The Morgan fingerprint density at radius 3 is 2.78 bits per heavy atom. The molecule has 0 saturated heterocycles. The number of ketones is 1. The summed E-state index contributed by atoms with van der Waals surface area (Å²) < 4.78 is 7.99. The summed E-state index contributed by atoms with van der Waals surface area (Å²) >= 11 is 0. The van der Waals surface area contributed by atoms with Gasteiger partial charge in [0.1, 0.15) is 5.69 Å². The van der Waals surface area contributed by atoms with Gasteiger partial charge in [-0.3, -0.25) is 9.20 Å². The third-order valence-corrected chi connectivity index (χ3v) is 6.32. The molecule has 27 heavy (non-hydrogen) atoms. The number of fused-ring (bicyclic) bond motifs is 1. The van der Waals surface area contributed by atoms with Crippen molar-refractivity contribution in [3.05, 3.63) is 29.7 Å². The minimum Gasteiger partial charge on any atom is -0.489 e. The number of carbonyl (C=O) groups is 1. The molecule has 2 aliphatic rings. The maximum atomic E-state index is 12.9. The summed E-state index contributed by atoms with van der Waals surface area (Å²) in [6.45, 7) is 2.61. The minimum atomic E-state index is -0.345. The van der Waals surface area contributed by atoms with Gasteiger partial charge >= 0.3 is 0 Å². The molecule has 5 nitrogen and oxygen atoms in total. The van der Waals surface area contributed by atoms with Crippen LogP contribution in [-0.4, -0.2) is 33.0 Å². The number of aliphatic hydroxyl groups excluding tert-OH is 1. The molecule has 2 aromatic rings. The number of hydrogen-bond donors (Lipinski definition) is 1. The molecular formula is C22H30N2O3. The van der Waals surface area contributed by atoms with Gasteiger partial charge in [-0.1, -0.05) is 25.7 Å². The molecule has 2 aromatic heterocycles. The zero-order valence-electron chi connectivity index (χ0n) is 16.2. The molecule has 0 unspecified atom stereocenters. The third kappa shape index (κ3) is 3.88. The van der Waals surface area contributed by atoms with E-state index in [1.54, 1.807) is 0 Å². The monoisotopic (exact) mass is 370 g/mol. The molecule has 1 N–H and O–H groups in total. The van der Waals surface area contributed by atoms with E-state index in [4.69, 9.17) is 4.74 Å². The van der Waals surface area contributed by atoms with Crippen molar-refractivity contribution in [3.8, 4) is 5.75 Å². The highest BCUT2D eigenvalue weighted by atomic mass is 16.5. The third-order valence-electron chi connectivity index (χ3n) is 6.32. The molecule has 0 spiro atoms. The quantitative estimate of drug-likeness (QED) is 0.769. The summed E-state index contributed by atoms with van der Waals surface area (Å²) in [5, 5.41) is 10.1. The van der Waals surface area contributed by atoms with Crippen molar-refractivity contribution in [2.75, 3.05) is 6.61 Å². The van der Waals surface area contributed by atoms with Crippen LogP contribution in [0.4, 0.5) is 0 Å². The second kappa shape index (κ2) is 8.01. The first-order chi connectivity index (χ1) is 13.1. The Bertz CT molecular complexity index is 807. The second-order valence-electron chi connectivity index (χ2n) is 8.31. The van der Waals surface area contributed by atoms with Crippen LogP contribution < -0.4 is 4.74 Å². The van der Waals surface area contributed by atoms with Crippen molar-refractivity contribution in [1.29, 1.82) is 0 Å². The van der Waals surface area contributed by atoms with Crippen molar-refractivity contribution in [2.45, 2.75) is 70.8 Å². The van der Waals surface area contributed by atoms with E-state index in [2.05, 4.69) is 4.98 Å². The van der Waals surface area contributed by atoms with Crippen LogP contribution >= 0.6 is 0 Å². The summed E-state index contributed by atoms with van der Waals surface area (Å²) in [5.74, 6) is 1.52. The van der Waals surface area contributed by atoms with Crippen molar-refractivity contribution in [1.82, 2.24) is 9.38 Å². The topological polar surface area (TPSA) is 63.8 Å². The first-order valence-corrected chi connectivity index (χ1v) is 10.4. The number of aromatic nitrogens is 2. The second-order valence-corrected chi connectivity index (χ2v) is 8.31. The van der Waals surface area contributed by atoms with E-state index in [-0.39, 0.29) is 17.8 Å². The van der Waals surface area contributed by atoms with Crippen molar-refractivity contribution in [3.63, 3.8) is 0 Å². The number of aliphatic hydroxyl groups is 1. The minimum absolute atomic E-state index is 0.0652. The summed E-state index contributed by atoms with van der Waals surface area (Å²) in [4.78, 5) is 17.6. The fourth-order valence-corrected chi connectivity index (χ4v) is 4.76. The SMILES string of the molecule is Cc1nc2c(OCC3CCCCC3)cccn2c1C(=O)C[C@@H]1CCC[C@@H]1O. The molecule has 4 rings (SSSR count). The Balaban J connectivity index is 1.53. The Kier molecular flexibility index (Phi) is 5.48. The van der Waals surface area contributed by atoms with E-state index in [0.717, 1.165) is 43.0 Å². The highest BCUT2D eigenvalue weighted by molar-refractivity contribution is 5.97. The van der Waals surface area contributed by atoms with Gasteiger partial charge in [0.15, 0.2) is 17.2 Å². The van der Waals surface area contributed by atoms with Crippen LogP contribution in [0.3, 0.4) is 0 Å². The number of rotatable bonds is 6. The summed E-state index contributed by atoms with van der Waals surface area (Å²) in [5.41, 5.74) is 2.09. The molecule has 2 atom stereocenters. The van der Waals surface area contributed by atoms with Gasteiger partial charge in [-0.2, -0.15) is 0 Å². The van der Waals surface area contributed by atoms with Gasteiger partial charge < -0.3 is 9.84 Å². The number of aryl methyl sites for hydroxylation is 1. The first-order valence-electron chi connectivity index (χ1n) is 10.4. The van der Waals surface area contributed by atoms with Crippen LogP contribution in [0.25, 0.3) is 5.65 Å². The highest BCUT2D eigenvalue weighted by Crippen LogP contribution is 2.31. The van der Waals surface area contributed by atoms with Gasteiger partial charge in [-0.15, -0.1) is 0 Å². The maximum Gasteiger partial charge on any atom is 0.181 e. The van der Waals surface area contributed by atoms with E-state index in [9.17, 15) is 9.90 Å². The summed E-state index contributed by atoms with van der Waals surface area (Å²) in [6, 6.07) is 3.87. The Morgan fingerprint density at radius 2 is 2.04 bits per heavy atom. The van der Waals surface area contributed by atoms with E-state index >= 15 is 0 Å². The Labute approximate surface area is 160 Å². The smallest absolute Gasteiger partial charge is 0.181 e. The van der Waals surface area contributed by atoms with Crippen LogP contribution in [0.15, 0.2) is 18.3 Å². The lowest BCUT2D eigenvalue weighted by Crippen LogP contribution is -2.18. The van der Waals surface area contributed by atoms with Gasteiger partial charge in [-0.05, 0) is 56.6 Å². The summed E-state index contributed by atoms with van der Waals surface area (Å²) in [6.07, 6.45) is 11.1. The molecular weight excluding hydrogens is 340 g/mol. The van der Waals surface area contributed by atoms with Crippen LogP contribution in [0, 0.1) is 18.8 Å². The lowest BCUT2D eigenvalue weighted by Gasteiger charge is -2.21. The fourth-order valence-electron chi connectivity index (χ4n) is 4.76. The standard InChI is InChI=1S/C22H30N2O3/c1-15-21(19(26)13-17-9-5-10-18(17)25)24-12-6-11-20(22(24)23-15)27-14-16-7-3-2-4-8-16/h6,11-12,16-18,25H,2-5,7-10,13-14H2,1H3/t17-,18-/m0/s1. The largest absolute Gasteiger partial charge is 0.489 e. The van der Waals surface area contributed by atoms with E-state index in [1.165, 1.54) is 32.1 Å². The molecule has 146 valence electrons. The number of carbonyl (C=O) groups excluding carboxylic acids is 1. The van der Waals surface area contributed by atoms with Crippen LogP contribution in [-0.2, 0) is 0 Å². The predicted octanol–water partition coefficient (Wildman–Crippen LogP) is 4.34. The van der Waals surface area contributed by atoms with Gasteiger partial charge in [0.25, 0.3) is 0 Å². The average Bonchev–Trinajstić information content (AvgIpc) is 3.23. The van der Waals surface area contributed by atoms with Crippen molar-refractivity contribution < 1.29 is 14.6 Å². The number of hydrogen-bond acceptors (Lipinski definition) is 4. The molecule has 2 saturated carbocycles. The van der Waals surface area contributed by atoms with Gasteiger partial charge in [0.2, 0.25) is 0 Å². The van der Waals surface area contributed by atoms with E-state index in [1.807, 2.05) is 29.7 Å². The number of ether oxygens (including phenoxy) is 1. The zero-order valence-corrected chi connectivity index (χ0v) is 16.2. The van der Waals surface area contributed by atoms with E-state index in [0.29, 0.717) is 18.0 Å². The predicted molar refractivity (Wildman–Crippen MR) is 104 cm³/mol. The normalized spacial score (nSPS) is 23.8. The van der Waals surface area contributed by atoms with Gasteiger partial charge in [-0.25, -0.2) is 4.98 Å². The Morgan fingerprint density at radius 1 is 1.22 bits per heavy atom. The van der Waals surface area contributed by atoms with Crippen molar-refractivity contribution >= 4 is 11.4 Å². The van der Waals surface area contributed by atoms with Crippen molar-refractivity contribution in [2.24, 2.45) is 11.8 Å². The number of Topliss-reactive ketones (excluding diaryl/α,β-unsaturated/α-hetero) is 1. The lowest BCUT2D eigenvalue weighted by atomic mass is 9.90. The van der Waals surface area contributed by atoms with Gasteiger partial charge in [0, 0.05) is 12.6 Å². The van der Waals surface area contributed by atoms with E-state index < -0.39 is 0 Å². The number of imidazole rings is 1. The highest BCUT2D eigenvalue weighted by Gasteiger charge is 2.29. The lowest BCUT2D eigenvalue weighted by molar-refractivity contribution is 0.0862. The first kappa shape index (κ1) is 18.5.